The monoisotopic (exact) mass is 910 g/mol. The second-order valence-electron chi connectivity index (χ2n) is 12.3. The summed E-state index contributed by atoms with van der Waals surface area (Å²) in [7, 11) is 0. The zero-order valence-electron chi connectivity index (χ0n) is 25.5. The van der Waals surface area contributed by atoms with Gasteiger partial charge >= 0.3 is 36.0 Å². The number of amides is 4. The SMILES string of the molecule is O=C1c2ccc3c4c(Br)cc5c6c(ccc(c7c(Br)cc(c2c37)C(=O)N1CC(F)(F)C(F)(F)C(F)(F)F)c64)C(=O)N(CC(F)(F)C(F)(F)C(F)(F)F)C5=O. The Morgan fingerprint density at radius 3 is 1.02 bits per heavy atom. The molecule has 5 aromatic carbocycles. The highest BCUT2D eigenvalue weighted by Gasteiger charge is 2.74. The first kappa shape index (κ1) is 38.0. The molecule has 7 rings (SSSR count). The van der Waals surface area contributed by atoms with Gasteiger partial charge in [0.1, 0.15) is 0 Å². The van der Waals surface area contributed by atoms with Crippen molar-refractivity contribution >= 4 is 98.6 Å². The van der Waals surface area contributed by atoms with E-state index < -0.39 is 105 Å². The molecule has 0 radical (unpaired) electrons. The molecule has 0 spiro atoms. The average molecular weight is 912 g/mol. The van der Waals surface area contributed by atoms with Gasteiger partial charge in [0.25, 0.3) is 23.6 Å². The van der Waals surface area contributed by atoms with Crippen molar-refractivity contribution in [1.82, 2.24) is 9.80 Å². The van der Waals surface area contributed by atoms with E-state index in [0.717, 1.165) is 36.4 Å². The van der Waals surface area contributed by atoms with Gasteiger partial charge in [-0.15, -0.1) is 0 Å². The first-order valence-corrected chi connectivity index (χ1v) is 16.1. The second-order valence-corrected chi connectivity index (χ2v) is 14.0. The Morgan fingerprint density at radius 2 is 0.722 bits per heavy atom. The Hall–Kier alpha value is -4.34. The molecule has 22 heteroatoms. The summed E-state index contributed by atoms with van der Waals surface area (Å²) in [6.45, 7) is -5.34. The summed E-state index contributed by atoms with van der Waals surface area (Å²) in [5.74, 6) is -31.9. The molecule has 4 amide bonds. The molecule has 0 unspecified atom stereocenters. The fraction of sp³-hybridized carbons (Fsp3) is 0.250. The van der Waals surface area contributed by atoms with Gasteiger partial charge in [0, 0.05) is 63.5 Å². The topological polar surface area (TPSA) is 74.8 Å². The van der Waals surface area contributed by atoms with Crippen LogP contribution in [0.15, 0.2) is 45.3 Å². The zero-order chi connectivity index (χ0) is 40.2. The van der Waals surface area contributed by atoms with Crippen LogP contribution in [0.5, 0.6) is 0 Å². The van der Waals surface area contributed by atoms with Crippen LogP contribution in [0.3, 0.4) is 0 Å². The summed E-state index contributed by atoms with van der Waals surface area (Å²) in [5.41, 5.74) is -2.34. The van der Waals surface area contributed by atoms with E-state index in [0.29, 0.717) is 0 Å². The lowest BCUT2D eigenvalue weighted by Gasteiger charge is -2.35. The lowest BCUT2D eigenvalue weighted by atomic mass is 9.82. The minimum atomic E-state index is -6.76. The van der Waals surface area contributed by atoms with Crippen LogP contribution in [-0.4, -0.2) is 82.6 Å². The molecule has 2 aliphatic rings. The van der Waals surface area contributed by atoms with E-state index in [4.69, 9.17) is 0 Å². The molecule has 0 aromatic heterocycles. The van der Waals surface area contributed by atoms with E-state index in [1.165, 1.54) is 0 Å². The maximum Gasteiger partial charge on any atom is 0.459 e. The molecule has 0 bridgehead atoms. The Labute approximate surface area is 305 Å². The molecular formula is C32H10Br2F14N2O4. The van der Waals surface area contributed by atoms with Gasteiger partial charge < -0.3 is 0 Å². The fourth-order valence-electron chi connectivity index (χ4n) is 6.77. The Bertz CT molecular complexity index is 2390. The summed E-state index contributed by atoms with van der Waals surface area (Å²) in [6.07, 6.45) is -13.5. The van der Waals surface area contributed by atoms with E-state index >= 15 is 0 Å². The van der Waals surface area contributed by atoms with E-state index in [9.17, 15) is 80.6 Å². The van der Waals surface area contributed by atoms with Gasteiger partial charge in [-0.25, -0.2) is 0 Å². The molecule has 284 valence electrons. The number of hydrogen-bond donors (Lipinski definition) is 0. The number of rotatable bonds is 6. The summed E-state index contributed by atoms with van der Waals surface area (Å²) in [4.78, 5) is 52.9. The van der Waals surface area contributed by atoms with Crippen molar-refractivity contribution in [2.45, 2.75) is 36.0 Å². The second kappa shape index (κ2) is 11.1. The highest BCUT2D eigenvalue weighted by Crippen LogP contribution is 2.53. The minimum Gasteiger partial charge on any atom is -0.269 e. The number of benzene rings is 5. The highest BCUT2D eigenvalue weighted by atomic mass is 79.9. The largest absolute Gasteiger partial charge is 0.459 e. The van der Waals surface area contributed by atoms with Crippen LogP contribution < -0.4 is 0 Å². The molecule has 0 atom stereocenters. The summed E-state index contributed by atoms with van der Waals surface area (Å²) < 4.78 is 190. The average Bonchev–Trinajstić information content (AvgIpc) is 3.05. The molecule has 54 heavy (non-hydrogen) atoms. The number of carbonyl (C=O) groups excluding carboxylic acids is 4. The third kappa shape index (κ3) is 4.76. The van der Waals surface area contributed by atoms with Gasteiger partial charge in [0.2, 0.25) is 0 Å². The van der Waals surface area contributed by atoms with Crippen LogP contribution in [-0.2, 0) is 0 Å². The minimum absolute atomic E-state index is 0.00553. The van der Waals surface area contributed by atoms with Crippen molar-refractivity contribution < 1.29 is 80.6 Å². The quantitative estimate of drug-likeness (QED) is 0.0736. The van der Waals surface area contributed by atoms with Crippen LogP contribution in [0, 0.1) is 0 Å². The van der Waals surface area contributed by atoms with Crippen molar-refractivity contribution in [3.63, 3.8) is 0 Å². The van der Waals surface area contributed by atoms with Crippen molar-refractivity contribution in [1.29, 1.82) is 0 Å². The summed E-state index contributed by atoms with van der Waals surface area (Å²) >= 11 is 6.40. The number of imide groups is 2. The Balaban J connectivity index is 1.43. The van der Waals surface area contributed by atoms with Crippen LogP contribution in [0.2, 0.25) is 0 Å². The van der Waals surface area contributed by atoms with E-state index in [1.807, 2.05) is 0 Å². The van der Waals surface area contributed by atoms with Gasteiger partial charge in [-0.2, -0.15) is 61.5 Å². The lowest BCUT2D eigenvalue weighted by molar-refractivity contribution is -0.354. The maximum atomic E-state index is 14.5. The predicted octanol–water partition coefficient (Wildman–Crippen LogP) is 10.1. The number of carbonyl (C=O) groups is 4. The predicted molar refractivity (Wildman–Crippen MR) is 166 cm³/mol. The van der Waals surface area contributed by atoms with Gasteiger partial charge in [0.05, 0.1) is 13.1 Å². The van der Waals surface area contributed by atoms with E-state index in [1.54, 1.807) is 0 Å². The number of alkyl halides is 14. The van der Waals surface area contributed by atoms with Gasteiger partial charge in [-0.05, 0) is 35.0 Å². The van der Waals surface area contributed by atoms with Crippen molar-refractivity contribution in [3.05, 3.63) is 67.6 Å². The Morgan fingerprint density at radius 1 is 0.426 bits per heavy atom. The first-order valence-electron chi connectivity index (χ1n) is 14.6. The van der Waals surface area contributed by atoms with Crippen LogP contribution in [0.4, 0.5) is 61.5 Å². The van der Waals surface area contributed by atoms with E-state index in [2.05, 4.69) is 31.9 Å². The van der Waals surface area contributed by atoms with Gasteiger partial charge in [-0.3, -0.25) is 29.0 Å². The molecule has 6 nitrogen and oxygen atoms in total. The smallest absolute Gasteiger partial charge is 0.269 e. The molecule has 5 aromatic rings. The van der Waals surface area contributed by atoms with Gasteiger partial charge in [0.15, 0.2) is 0 Å². The number of fused-ring (bicyclic) bond motifs is 2. The molecule has 2 aliphatic heterocycles. The van der Waals surface area contributed by atoms with Crippen LogP contribution in [0.1, 0.15) is 41.4 Å². The van der Waals surface area contributed by atoms with Crippen molar-refractivity contribution in [3.8, 4) is 0 Å². The van der Waals surface area contributed by atoms with Crippen molar-refractivity contribution in [2.75, 3.05) is 13.1 Å². The molecule has 2 heterocycles. The Kier molecular flexibility index (Phi) is 7.82. The third-order valence-corrected chi connectivity index (χ3v) is 10.5. The first-order chi connectivity index (χ1) is 24.6. The molecule has 0 saturated heterocycles. The molecular weight excluding hydrogens is 902 g/mol. The number of hydrogen-bond acceptors (Lipinski definition) is 4. The van der Waals surface area contributed by atoms with Crippen molar-refractivity contribution in [2.24, 2.45) is 0 Å². The zero-order valence-corrected chi connectivity index (χ0v) is 28.6. The fourth-order valence-corrected chi connectivity index (χ4v) is 8.05. The maximum absolute atomic E-state index is 14.5. The molecule has 0 aliphatic carbocycles. The van der Waals surface area contributed by atoms with Crippen LogP contribution in [0.25, 0.3) is 43.1 Å². The summed E-state index contributed by atoms with van der Waals surface area (Å²) in [5, 5.41) is -0.199. The molecule has 0 saturated carbocycles. The standard InChI is InChI=1S/C32H10Br2F14N2O4/c33-15-5-14-18-12(24(52)50(26(14)54)8-28(37,38)30(41,42)32(46,47)48)4-2-10-20-16(34)6-13-17-11(3-1-9(21(17)20)19(15)22(10)18)23(51)49(25(13)53)7-27(35,36)29(39,40)31(43,44)45/h1-6H,7-8H2. The number of halogens is 16. The summed E-state index contributed by atoms with van der Waals surface area (Å²) in [6, 6.07) is 6.08. The highest BCUT2D eigenvalue weighted by molar-refractivity contribution is 9.11. The van der Waals surface area contributed by atoms with E-state index in [-0.39, 0.29) is 52.0 Å². The van der Waals surface area contributed by atoms with Gasteiger partial charge in [-0.1, -0.05) is 44.0 Å². The molecule has 0 fully saturated rings. The normalized spacial score (nSPS) is 16.4. The lowest BCUT2D eigenvalue weighted by Crippen LogP contribution is -2.59. The molecule has 0 N–H and O–H groups in total. The third-order valence-electron chi connectivity index (χ3n) is 9.25. The number of nitrogens with zero attached hydrogens (tertiary/aromatic N) is 2. The van der Waals surface area contributed by atoms with Crippen LogP contribution >= 0.6 is 31.9 Å².